The summed E-state index contributed by atoms with van der Waals surface area (Å²) < 4.78 is 16.0. The van der Waals surface area contributed by atoms with Crippen molar-refractivity contribution in [3.05, 3.63) is 46.8 Å². The van der Waals surface area contributed by atoms with Gasteiger partial charge in [-0.05, 0) is 50.0 Å². The topological polar surface area (TPSA) is 46.0 Å². The second-order valence-corrected chi connectivity index (χ2v) is 6.94. The number of piperidine rings is 1. The minimum Gasteiger partial charge on any atom is -0.312 e. The zero-order chi connectivity index (χ0) is 16.5. The van der Waals surface area contributed by atoms with E-state index >= 15 is 0 Å². The molecule has 0 saturated carbocycles. The molecule has 24 heavy (non-hydrogen) atoms. The summed E-state index contributed by atoms with van der Waals surface area (Å²) in [4.78, 5) is 2.41. The van der Waals surface area contributed by atoms with Crippen molar-refractivity contribution in [3.8, 4) is 0 Å². The van der Waals surface area contributed by atoms with Gasteiger partial charge in [-0.3, -0.25) is 4.90 Å². The molecule has 3 heterocycles. The van der Waals surface area contributed by atoms with Gasteiger partial charge < -0.3 is 9.88 Å². The Morgan fingerprint density at radius 1 is 1.21 bits per heavy atom. The van der Waals surface area contributed by atoms with E-state index < -0.39 is 0 Å². The lowest BCUT2D eigenvalue weighted by molar-refractivity contribution is 0.199. The van der Waals surface area contributed by atoms with Gasteiger partial charge >= 0.3 is 0 Å². The standard InChI is InChI=1S/C18H24FN5/c1-13-2-3-14(10-16(13)19)12-23-7-4-15(5-8-23)18-22-21-17-11-20-6-9-24(17)18/h2-3,10,15,20H,4-9,11-12H2,1H3. The van der Waals surface area contributed by atoms with Crippen LogP contribution in [0.25, 0.3) is 0 Å². The number of hydrogen-bond donors (Lipinski definition) is 1. The second-order valence-electron chi connectivity index (χ2n) is 6.94. The van der Waals surface area contributed by atoms with Crippen molar-refractivity contribution in [2.75, 3.05) is 19.6 Å². The number of aryl methyl sites for hydroxylation is 1. The van der Waals surface area contributed by atoms with E-state index in [1.807, 2.05) is 12.1 Å². The number of halogens is 1. The van der Waals surface area contributed by atoms with Crippen molar-refractivity contribution in [2.24, 2.45) is 0 Å². The summed E-state index contributed by atoms with van der Waals surface area (Å²) in [6.45, 7) is 7.48. The first-order valence-electron chi connectivity index (χ1n) is 8.81. The Labute approximate surface area is 141 Å². The van der Waals surface area contributed by atoms with Crippen LogP contribution in [0.1, 0.15) is 41.5 Å². The third-order valence-corrected chi connectivity index (χ3v) is 5.25. The number of nitrogens with one attached hydrogen (secondary N) is 1. The zero-order valence-electron chi connectivity index (χ0n) is 14.1. The first kappa shape index (κ1) is 15.7. The summed E-state index contributed by atoms with van der Waals surface area (Å²) in [7, 11) is 0. The van der Waals surface area contributed by atoms with Crippen LogP contribution in [0.5, 0.6) is 0 Å². The fourth-order valence-electron chi connectivity index (χ4n) is 3.76. The van der Waals surface area contributed by atoms with Gasteiger partial charge in [-0.2, -0.15) is 0 Å². The molecule has 0 atom stereocenters. The highest BCUT2D eigenvalue weighted by molar-refractivity contribution is 5.23. The third kappa shape index (κ3) is 3.08. The van der Waals surface area contributed by atoms with E-state index in [9.17, 15) is 4.39 Å². The summed E-state index contributed by atoms with van der Waals surface area (Å²) in [6, 6.07) is 5.57. The van der Waals surface area contributed by atoms with Crippen molar-refractivity contribution in [1.29, 1.82) is 0 Å². The Hall–Kier alpha value is -1.79. The third-order valence-electron chi connectivity index (χ3n) is 5.25. The van der Waals surface area contributed by atoms with Crippen molar-refractivity contribution in [2.45, 2.75) is 45.3 Å². The first-order chi connectivity index (χ1) is 11.7. The van der Waals surface area contributed by atoms with Crippen LogP contribution in [0, 0.1) is 12.7 Å². The molecule has 0 bridgehead atoms. The molecule has 5 nitrogen and oxygen atoms in total. The number of rotatable bonds is 3. The van der Waals surface area contributed by atoms with Gasteiger partial charge in [-0.1, -0.05) is 12.1 Å². The number of likely N-dealkylation sites (tertiary alicyclic amines) is 1. The highest BCUT2D eigenvalue weighted by atomic mass is 19.1. The molecule has 0 unspecified atom stereocenters. The fraction of sp³-hybridized carbons (Fsp3) is 0.556. The van der Waals surface area contributed by atoms with Crippen molar-refractivity contribution >= 4 is 0 Å². The van der Waals surface area contributed by atoms with E-state index in [0.29, 0.717) is 11.5 Å². The minimum atomic E-state index is -0.105. The molecule has 1 aromatic carbocycles. The van der Waals surface area contributed by atoms with Gasteiger partial charge in [-0.25, -0.2) is 4.39 Å². The van der Waals surface area contributed by atoms with Crippen molar-refractivity contribution in [1.82, 2.24) is 25.0 Å². The molecule has 2 aliphatic heterocycles. The average Bonchev–Trinajstić information content (AvgIpc) is 3.03. The van der Waals surface area contributed by atoms with Crippen LogP contribution in [0.15, 0.2) is 18.2 Å². The van der Waals surface area contributed by atoms with Crippen LogP contribution in [-0.2, 0) is 19.6 Å². The Bertz CT molecular complexity index is 718. The number of aromatic nitrogens is 3. The van der Waals surface area contributed by atoms with Crippen LogP contribution in [-0.4, -0.2) is 39.3 Å². The monoisotopic (exact) mass is 329 g/mol. The molecular formula is C18H24FN5. The van der Waals surface area contributed by atoms with Crippen molar-refractivity contribution in [3.63, 3.8) is 0 Å². The molecule has 1 N–H and O–H groups in total. The number of hydrogen-bond acceptors (Lipinski definition) is 4. The maximum atomic E-state index is 13.7. The van der Waals surface area contributed by atoms with E-state index in [1.54, 1.807) is 13.0 Å². The number of benzene rings is 1. The van der Waals surface area contributed by atoms with E-state index in [0.717, 1.165) is 69.3 Å². The summed E-state index contributed by atoms with van der Waals surface area (Å²) in [6.07, 6.45) is 2.19. The van der Waals surface area contributed by atoms with Crippen LogP contribution in [0.2, 0.25) is 0 Å². The predicted molar refractivity (Wildman–Crippen MR) is 90.1 cm³/mol. The average molecular weight is 329 g/mol. The van der Waals surface area contributed by atoms with E-state index in [-0.39, 0.29) is 5.82 Å². The second kappa shape index (κ2) is 6.61. The summed E-state index contributed by atoms with van der Waals surface area (Å²) in [5.74, 6) is 2.61. The number of nitrogens with zero attached hydrogens (tertiary/aromatic N) is 4. The highest BCUT2D eigenvalue weighted by Gasteiger charge is 2.27. The molecule has 2 aromatic rings. The van der Waals surface area contributed by atoms with Gasteiger partial charge in [0, 0.05) is 25.6 Å². The Kier molecular flexibility index (Phi) is 4.33. The molecule has 0 amide bonds. The van der Waals surface area contributed by atoms with Crippen LogP contribution >= 0.6 is 0 Å². The molecule has 1 saturated heterocycles. The molecule has 6 heteroatoms. The molecule has 1 fully saturated rings. The molecule has 0 spiro atoms. The van der Waals surface area contributed by atoms with Gasteiger partial charge in [0.05, 0.1) is 6.54 Å². The van der Waals surface area contributed by atoms with Crippen molar-refractivity contribution < 1.29 is 4.39 Å². The van der Waals surface area contributed by atoms with Crippen LogP contribution < -0.4 is 5.32 Å². The summed E-state index contributed by atoms with van der Waals surface area (Å²) in [5, 5.41) is 12.1. The lowest BCUT2D eigenvalue weighted by Gasteiger charge is -2.32. The van der Waals surface area contributed by atoms with E-state index in [1.165, 1.54) is 0 Å². The summed E-state index contributed by atoms with van der Waals surface area (Å²) in [5.41, 5.74) is 1.77. The van der Waals surface area contributed by atoms with E-state index in [2.05, 4.69) is 25.0 Å². The maximum Gasteiger partial charge on any atom is 0.147 e. The fourth-order valence-corrected chi connectivity index (χ4v) is 3.76. The predicted octanol–water partition coefficient (Wildman–Crippen LogP) is 2.21. The van der Waals surface area contributed by atoms with Gasteiger partial charge in [0.25, 0.3) is 0 Å². The maximum absolute atomic E-state index is 13.7. The Morgan fingerprint density at radius 2 is 2.04 bits per heavy atom. The van der Waals surface area contributed by atoms with Gasteiger partial charge in [0.1, 0.15) is 17.5 Å². The van der Waals surface area contributed by atoms with Crippen LogP contribution in [0.3, 0.4) is 0 Å². The Morgan fingerprint density at radius 3 is 2.83 bits per heavy atom. The highest BCUT2D eigenvalue weighted by Crippen LogP contribution is 2.28. The quantitative estimate of drug-likeness (QED) is 0.938. The molecule has 128 valence electrons. The molecule has 0 radical (unpaired) electrons. The lowest BCUT2D eigenvalue weighted by Crippen LogP contribution is -2.34. The molecule has 1 aromatic heterocycles. The van der Waals surface area contributed by atoms with Gasteiger partial charge in [-0.15, -0.1) is 10.2 Å². The first-order valence-corrected chi connectivity index (χ1v) is 8.81. The zero-order valence-corrected chi connectivity index (χ0v) is 14.1. The van der Waals surface area contributed by atoms with Gasteiger partial charge in [0.15, 0.2) is 0 Å². The largest absolute Gasteiger partial charge is 0.312 e. The molecule has 4 rings (SSSR count). The molecule has 2 aliphatic rings. The Balaban J connectivity index is 1.38. The van der Waals surface area contributed by atoms with Gasteiger partial charge in [0.2, 0.25) is 0 Å². The number of fused-ring (bicyclic) bond motifs is 1. The SMILES string of the molecule is Cc1ccc(CN2CCC(c3nnc4n3CCNC4)CC2)cc1F. The lowest BCUT2D eigenvalue weighted by atomic mass is 9.95. The minimum absolute atomic E-state index is 0.105. The summed E-state index contributed by atoms with van der Waals surface area (Å²) >= 11 is 0. The van der Waals surface area contributed by atoms with Crippen LogP contribution in [0.4, 0.5) is 4.39 Å². The normalized spacial score (nSPS) is 19.4. The smallest absolute Gasteiger partial charge is 0.147 e. The van der Waals surface area contributed by atoms with E-state index in [4.69, 9.17) is 0 Å². The molecule has 0 aliphatic carbocycles. The molecular weight excluding hydrogens is 305 g/mol.